The topological polar surface area (TPSA) is 108 Å². The number of urea groups is 1. The van der Waals surface area contributed by atoms with Crippen molar-refractivity contribution in [3.8, 4) is 0 Å². The highest BCUT2D eigenvalue weighted by Gasteiger charge is 2.29. The molecule has 2 rings (SSSR count). The fraction of sp³-hybridized carbons (Fsp3) is 0.750. The lowest BCUT2D eigenvalue weighted by atomic mass is 10.1. The summed E-state index contributed by atoms with van der Waals surface area (Å²) in [6.45, 7) is 0.812. The molecule has 20 heavy (non-hydrogen) atoms. The lowest BCUT2D eigenvalue weighted by molar-refractivity contribution is -0.139. The van der Waals surface area contributed by atoms with E-state index in [-0.39, 0.29) is 31.5 Å². The number of amides is 3. The smallest absolute Gasteiger partial charge is 0.318 e. The molecule has 1 unspecified atom stereocenters. The van der Waals surface area contributed by atoms with Crippen LogP contribution in [0.1, 0.15) is 19.3 Å². The van der Waals surface area contributed by atoms with Crippen LogP contribution in [0, 0.1) is 0 Å². The van der Waals surface area contributed by atoms with E-state index in [0.29, 0.717) is 13.2 Å². The SMILES string of the molecule is O=C(O)CC1COCCN1C(=O)NCC(=O)NC1CC1. The molecule has 0 aromatic rings. The number of carboxylic acid groups (broad SMARTS) is 1. The molecular weight excluding hydrogens is 266 g/mol. The maximum absolute atomic E-state index is 12.0. The second kappa shape index (κ2) is 6.56. The van der Waals surface area contributed by atoms with Gasteiger partial charge in [-0.05, 0) is 12.8 Å². The Morgan fingerprint density at radius 2 is 2.05 bits per heavy atom. The van der Waals surface area contributed by atoms with Crippen LogP contribution in [0.4, 0.5) is 4.79 Å². The van der Waals surface area contributed by atoms with E-state index in [1.807, 2.05) is 0 Å². The van der Waals surface area contributed by atoms with E-state index in [2.05, 4.69) is 10.6 Å². The van der Waals surface area contributed by atoms with Gasteiger partial charge in [0.25, 0.3) is 0 Å². The summed E-state index contributed by atoms with van der Waals surface area (Å²) in [6, 6.07) is -0.666. The molecule has 2 aliphatic rings. The van der Waals surface area contributed by atoms with Crippen molar-refractivity contribution in [3.05, 3.63) is 0 Å². The molecule has 1 heterocycles. The van der Waals surface area contributed by atoms with Gasteiger partial charge in [0.05, 0.1) is 32.2 Å². The summed E-state index contributed by atoms with van der Waals surface area (Å²) < 4.78 is 5.19. The van der Waals surface area contributed by atoms with Gasteiger partial charge >= 0.3 is 12.0 Å². The van der Waals surface area contributed by atoms with Crippen LogP contribution in [0.3, 0.4) is 0 Å². The van der Waals surface area contributed by atoms with E-state index in [9.17, 15) is 14.4 Å². The molecule has 1 saturated heterocycles. The highest BCUT2D eigenvalue weighted by molar-refractivity contribution is 5.84. The van der Waals surface area contributed by atoms with Crippen molar-refractivity contribution in [2.75, 3.05) is 26.3 Å². The van der Waals surface area contributed by atoms with Crippen LogP contribution in [0.25, 0.3) is 0 Å². The molecule has 112 valence electrons. The summed E-state index contributed by atoms with van der Waals surface area (Å²) in [5.41, 5.74) is 0. The Labute approximate surface area is 116 Å². The number of hydrogen-bond acceptors (Lipinski definition) is 4. The average Bonchev–Trinajstić information content (AvgIpc) is 3.20. The second-order valence-corrected chi connectivity index (χ2v) is 5.02. The van der Waals surface area contributed by atoms with Gasteiger partial charge in [0.1, 0.15) is 0 Å². The van der Waals surface area contributed by atoms with Gasteiger partial charge < -0.3 is 25.4 Å². The fourth-order valence-corrected chi connectivity index (χ4v) is 2.06. The molecule has 8 nitrogen and oxygen atoms in total. The molecule has 3 amide bonds. The Balaban J connectivity index is 1.78. The minimum Gasteiger partial charge on any atom is -0.481 e. The van der Waals surface area contributed by atoms with E-state index in [0.717, 1.165) is 12.8 Å². The van der Waals surface area contributed by atoms with Crippen molar-refractivity contribution in [3.63, 3.8) is 0 Å². The predicted molar refractivity (Wildman–Crippen MR) is 68.1 cm³/mol. The molecule has 1 aliphatic carbocycles. The molecule has 0 bridgehead atoms. The molecule has 0 aromatic carbocycles. The van der Waals surface area contributed by atoms with Gasteiger partial charge in [-0.2, -0.15) is 0 Å². The Kier molecular flexibility index (Phi) is 4.78. The van der Waals surface area contributed by atoms with Crippen molar-refractivity contribution < 1.29 is 24.2 Å². The van der Waals surface area contributed by atoms with Crippen molar-refractivity contribution in [2.45, 2.75) is 31.3 Å². The third-order valence-corrected chi connectivity index (χ3v) is 3.24. The molecular formula is C12H19N3O5. The second-order valence-electron chi connectivity index (χ2n) is 5.02. The molecule has 8 heteroatoms. The molecule has 0 spiro atoms. The van der Waals surface area contributed by atoms with Crippen LogP contribution in [0.15, 0.2) is 0 Å². The summed E-state index contributed by atoms with van der Waals surface area (Å²) in [4.78, 5) is 35.6. The Morgan fingerprint density at radius 3 is 2.70 bits per heavy atom. The van der Waals surface area contributed by atoms with Gasteiger partial charge in [0.2, 0.25) is 5.91 Å². The maximum Gasteiger partial charge on any atom is 0.318 e. The summed E-state index contributed by atoms with van der Waals surface area (Å²) in [5, 5.41) is 14.1. The number of carbonyl (C=O) groups is 3. The Hall–Kier alpha value is -1.83. The molecule has 0 aromatic heterocycles. The van der Waals surface area contributed by atoms with Crippen molar-refractivity contribution in [2.24, 2.45) is 0 Å². The number of morpholine rings is 1. The standard InChI is InChI=1S/C12H19N3O5/c16-10(14-8-1-2-8)6-13-12(19)15-3-4-20-7-9(15)5-11(17)18/h8-9H,1-7H2,(H,13,19)(H,14,16)(H,17,18). The number of nitrogens with one attached hydrogen (secondary N) is 2. The zero-order valence-electron chi connectivity index (χ0n) is 11.1. The molecule has 1 atom stereocenters. The van der Waals surface area contributed by atoms with Gasteiger partial charge in [0, 0.05) is 12.6 Å². The third kappa shape index (κ3) is 4.37. The van der Waals surface area contributed by atoms with Gasteiger partial charge in [-0.25, -0.2) is 4.79 Å². The normalized spacial score (nSPS) is 22.2. The van der Waals surface area contributed by atoms with E-state index in [1.54, 1.807) is 0 Å². The predicted octanol–water partition coefficient (Wildman–Crippen LogP) is -0.850. The monoisotopic (exact) mass is 285 g/mol. The minimum atomic E-state index is -0.982. The van der Waals surface area contributed by atoms with Crippen LogP contribution >= 0.6 is 0 Å². The summed E-state index contributed by atoms with van der Waals surface area (Å²) in [5.74, 6) is -1.20. The highest BCUT2D eigenvalue weighted by atomic mass is 16.5. The first-order valence-corrected chi connectivity index (χ1v) is 6.69. The van der Waals surface area contributed by atoms with Crippen LogP contribution < -0.4 is 10.6 Å². The van der Waals surface area contributed by atoms with Gasteiger partial charge in [-0.15, -0.1) is 0 Å². The molecule has 2 fully saturated rings. The van der Waals surface area contributed by atoms with Crippen molar-refractivity contribution >= 4 is 17.9 Å². The van der Waals surface area contributed by atoms with Gasteiger partial charge in [-0.3, -0.25) is 9.59 Å². The van der Waals surface area contributed by atoms with Crippen LogP contribution in [-0.4, -0.2) is 66.3 Å². The first-order chi connectivity index (χ1) is 9.56. The number of carboxylic acids is 1. The summed E-state index contributed by atoms with van der Waals surface area (Å²) >= 11 is 0. The fourth-order valence-electron chi connectivity index (χ4n) is 2.06. The number of carbonyl (C=O) groups excluding carboxylic acids is 2. The zero-order chi connectivity index (χ0) is 14.5. The van der Waals surface area contributed by atoms with Crippen LogP contribution in [0.5, 0.6) is 0 Å². The quantitative estimate of drug-likeness (QED) is 0.610. The molecule has 0 radical (unpaired) electrons. The minimum absolute atomic E-state index is 0.0908. The summed E-state index contributed by atoms with van der Waals surface area (Å²) in [7, 11) is 0. The van der Waals surface area contributed by atoms with Crippen LogP contribution in [-0.2, 0) is 14.3 Å². The highest BCUT2D eigenvalue weighted by Crippen LogP contribution is 2.18. The average molecular weight is 285 g/mol. The van der Waals surface area contributed by atoms with Crippen molar-refractivity contribution in [1.29, 1.82) is 0 Å². The maximum atomic E-state index is 12.0. The van der Waals surface area contributed by atoms with E-state index >= 15 is 0 Å². The lowest BCUT2D eigenvalue weighted by Gasteiger charge is -2.34. The number of ether oxygens (including phenoxy) is 1. The van der Waals surface area contributed by atoms with E-state index in [4.69, 9.17) is 9.84 Å². The lowest BCUT2D eigenvalue weighted by Crippen LogP contribution is -2.54. The Morgan fingerprint density at radius 1 is 1.30 bits per heavy atom. The molecule has 1 aliphatic heterocycles. The van der Waals surface area contributed by atoms with Gasteiger partial charge in [0.15, 0.2) is 0 Å². The van der Waals surface area contributed by atoms with E-state index in [1.165, 1.54) is 4.90 Å². The van der Waals surface area contributed by atoms with E-state index < -0.39 is 18.0 Å². The number of hydrogen-bond donors (Lipinski definition) is 3. The molecule has 3 N–H and O–H groups in total. The number of aliphatic carboxylic acids is 1. The number of rotatable bonds is 5. The molecule has 1 saturated carbocycles. The van der Waals surface area contributed by atoms with Gasteiger partial charge in [-0.1, -0.05) is 0 Å². The number of nitrogens with zero attached hydrogens (tertiary/aromatic N) is 1. The third-order valence-electron chi connectivity index (χ3n) is 3.24. The zero-order valence-corrected chi connectivity index (χ0v) is 11.1. The largest absolute Gasteiger partial charge is 0.481 e. The summed E-state index contributed by atoms with van der Waals surface area (Å²) in [6.07, 6.45) is 1.81. The van der Waals surface area contributed by atoms with Crippen molar-refractivity contribution in [1.82, 2.24) is 15.5 Å². The first kappa shape index (κ1) is 14.6. The Bertz CT molecular complexity index is 397. The first-order valence-electron chi connectivity index (χ1n) is 6.69. The van der Waals surface area contributed by atoms with Crippen LogP contribution in [0.2, 0.25) is 0 Å².